The molecule has 7 heteroatoms. The quantitative estimate of drug-likeness (QED) is 0.862. The van der Waals surface area contributed by atoms with Crippen molar-refractivity contribution in [2.24, 2.45) is 11.3 Å². The minimum absolute atomic E-state index is 0.256. The fourth-order valence-electron chi connectivity index (χ4n) is 4.98. The number of anilines is 1. The van der Waals surface area contributed by atoms with Gasteiger partial charge in [0.15, 0.2) is 5.13 Å². The molecule has 3 aliphatic rings. The summed E-state index contributed by atoms with van der Waals surface area (Å²) >= 11 is 1.70. The van der Waals surface area contributed by atoms with E-state index in [0.717, 1.165) is 31.3 Å². The van der Waals surface area contributed by atoms with E-state index < -0.39 is 11.4 Å². The van der Waals surface area contributed by atoms with E-state index in [9.17, 15) is 9.90 Å². The fraction of sp³-hybridized carbons (Fsp3) is 0.778. The zero-order chi connectivity index (χ0) is 17.6. The summed E-state index contributed by atoms with van der Waals surface area (Å²) in [6.07, 6.45) is 7.04. The molecule has 3 heterocycles. The lowest BCUT2D eigenvalue weighted by Crippen LogP contribution is -2.42. The molecule has 1 saturated carbocycles. The van der Waals surface area contributed by atoms with Crippen LogP contribution >= 0.6 is 11.3 Å². The molecule has 2 aliphatic heterocycles. The number of hydrogen-bond acceptors (Lipinski definition) is 6. The Balaban J connectivity index is 1.44. The number of thiazole rings is 1. The largest absolute Gasteiger partial charge is 0.481 e. The summed E-state index contributed by atoms with van der Waals surface area (Å²) in [6, 6.07) is 0.624. The van der Waals surface area contributed by atoms with Crippen molar-refractivity contribution < 1.29 is 9.90 Å². The smallest absolute Gasteiger partial charge is 0.312 e. The Morgan fingerprint density at radius 1 is 1.36 bits per heavy atom. The lowest BCUT2D eigenvalue weighted by atomic mass is 9.81. The predicted octanol–water partition coefficient (Wildman–Crippen LogP) is 1.97. The van der Waals surface area contributed by atoms with Crippen molar-refractivity contribution >= 4 is 22.4 Å². The summed E-state index contributed by atoms with van der Waals surface area (Å²) in [5, 5.41) is 11.0. The number of nitrogens with zero attached hydrogens (tertiary/aromatic N) is 4. The third-order valence-corrected chi connectivity index (χ3v) is 7.43. The van der Waals surface area contributed by atoms with Crippen LogP contribution in [0.4, 0.5) is 5.13 Å². The Kier molecular flexibility index (Phi) is 4.50. The van der Waals surface area contributed by atoms with Gasteiger partial charge in [0, 0.05) is 69.9 Å². The van der Waals surface area contributed by atoms with Crippen LogP contribution in [0.25, 0.3) is 0 Å². The van der Waals surface area contributed by atoms with E-state index in [4.69, 9.17) is 0 Å². The molecular weight excluding hydrogens is 336 g/mol. The molecule has 2 saturated heterocycles. The molecule has 25 heavy (non-hydrogen) atoms. The molecule has 2 atom stereocenters. The van der Waals surface area contributed by atoms with Gasteiger partial charge < -0.3 is 10.0 Å². The highest BCUT2D eigenvalue weighted by Crippen LogP contribution is 2.45. The van der Waals surface area contributed by atoms with Crippen LogP contribution in [0.15, 0.2) is 6.20 Å². The van der Waals surface area contributed by atoms with E-state index in [-0.39, 0.29) is 5.92 Å². The van der Waals surface area contributed by atoms with Crippen LogP contribution in [0, 0.1) is 11.3 Å². The van der Waals surface area contributed by atoms with Crippen molar-refractivity contribution in [2.75, 3.05) is 45.2 Å². The molecule has 138 valence electrons. The minimum atomic E-state index is -0.598. The first kappa shape index (κ1) is 17.2. The Labute approximate surface area is 153 Å². The Morgan fingerprint density at radius 3 is 2.72 bits per heavy atom. The molecule has 0 spiro atoms. The van der Waals surface area contributed by atoms with Gasteiger partial charge >= 0.3 is 5.97 Å². The third kappa shape index (κ3) is 3.06. The van der Waals surface area contributed by atoms with Crippen molar-refractivity contribution in [1.82, 2.24) is 14.8 Å². The van der Waals surface area contributed by atoms with Crippen molar-refractivity contribution in [3.63, 3.8) is 0 Å². The van der Waals surface area contributed by atoms with Gasteiger partial charge in [-0.25, -0.2) is 4.98 Å². The molecular formula is C18H28N4O2S. The van der Waals surface area contributed by atoms with E-state index in [2.05, 4.69) is 14.8 Å². The van der Waals surface area contributed by atoms with E-state index in [1.807, 2.05) is 25.2 Å². The second kappa shape index (κ2) is 6.52. The highest BCUT2D eigenvalue weighted by molar-refractivity contribution is 7.15. The van der Waals surface area contributed by atoms with E-state index >= 15 is 0 Å². The molecule has 0 aromatic carbocycles. The Morgan fingerprint density at radius 2 is 2.12 bits per heavy atom. The molecule has 1 N–H and O–H groups in total. The molecule has 1 aliphatic carbocycles. The fourth-order valence-corrected chi connectivity index (χ4v) is 5.85. The standard InChI is InChI=1S/C18H28N4O2S/c1-20(2)17-19-7-15(25-17)10-21-8-13-9-22(14-5-3-4-6-14)12-18(13,11-21)16(23)24/h7,13-14H,3-6,8-12H2,1-2H3,(H,23,24)/t13-,18-/m1/s1. The highest BCUT2D eigenvalue weighted by atomic mass is 32.1. The van der Waals surface area contributed by atoms with Crippen LogP contribution in [0.1, 0.15) is 30.6 Å². The second-order valence-corrected chi connectivity index (χ2v) is 9.29. The second-order valence-electron chi connectivity index (χ2n) is 8.20. The van der Waals surface area contributed by atoms with Crippen molar-refractivity contribution in [3.8, 4) is 0 Å². The van der Waals surface area contributed by atoms with Crippen molar-refractivity contribution in [1.29, 1.82) is 0 Å². The molecule has 0 radical (unpaired) electrons. The molecule has 4 rings (SSSR count). The van der Waals surface area contributed by atoms with Crippen LogP contribution in [-0.2, 0) is 11.3 Å². The predicted molar refractivity (Wildman–Crippen MR) is 99.1 cm³/mol. The maximum absolute atomic E-state index is 12.2. The maximum Gasteiger partial charge on any atom is 0.312 e. The number of aliphatic carboxylic acids is 1. The van der Waals surface area contributed by atoms with Crippen molar-refractivity contribution in [2.45, 2.75) is 38.3 Å². The van der Waals surface area contributed by atoms with E-state index in [0.29, 0.717) is 12.6 Å². The first-order chi connectivity index (χ1) is 12.0. The summed E-state index contributed by atoms with van der Waals surface area (Å²) in [4.78, 5) is 24.7. The zero-order valence-electron chi connectivity index (χ0n) is 15.1. The van der Waals surface area contributed by atoms with Gasteiger partial charge in [0.1, 0.15) is 0 Å². The number of likely N-dealkylation sites (tertiary alicyclic amines) is 2. The monoisotopic (exact) mass is 364 g/mol. The molecule has 3 fully saturated rings. The summed E-state index contributed by atoms with van der Waals surface area (Å²) in [5.41, 5.74) is -0.572. The lowest BCUT2D eigenvalue weighted by Gasteiger charge is -2.28. The van der Waals surface area contributed by atoms with Gasteiger partial charge in [-0.3, -0.25) is 14.6 Å². The average molecular weight is 365 g/mol. The Bertz CT molecular complexity index is 643. The van der Waals surface area contributed by atoms with Crippen LogP contribution < -0.4 is 4.90 Å². The van der Waals surface area contributed by atoms with Crippen molar-refractivity contribution in [3.05, 3.63) is 11.1 Å². The first-order valence-electron chi connectivity index (χ1n) is 9.30. The molecule has 0 amide bonds. The number of carbonyl (C=O) groups is 1. The van der Waals surface area contributed by atoms with Gasteiger partial charge in [-0.15, -0.1) is 11.3 Å². The van der Waals surface area contributed by atoms with Gasteiger partial charge in [-0.05, 0) is 12.8 Å². The number of hydrogen-bond donors (Lipinski definition) is 1. The summed E-state index contributed by atoms with van der Waals surface area (Å²) < 4.78 is 0. The van der Waals surface area contributed by atoms with Gasteiger partial charge in [-0.1, -0.05) is 12.8 Å². The van der Waals surface area contributed by atoms with Gasteiger partial charge in [-0.2, -0.15) is 0 Å². The van der Waals surface area contributed by atoms with Crippen LogP contribution in [-0.4, -0.2) is 72.2 Å². The van der Waals surface area contributed by atoms with Crippen LogP contribution in [0.5, 0.6) is 0 Å². The average Bonchev–Trinajstić information content (AvgIpc) is 3.30. The minimum Gasteiger partial charge on any atom is -0.481 e. The SMILES string of the molecule is CN(C)c1ncc(CN2C[C@@H]3CN(C4CCCC4)C[C@]3(C(=O)O)C2)s1. The van der Waals surface area contributed by atoms with E-state index in [1.165, 1.54) is 30.6 Å². The number of aromatic nitrogens is 1. The molecule has 1 aromatic rings. The lowest BCUT2D eigenvalue weighted by molar-refractivity contribution is -0.149. The van der Waals surface area contributed by atoms with E-state index in [1.54, 1.807) is 11.3 Å². The molecule has 1 aromatic heterocycles. The highest BCUT2D eigenvalue weighted by Gasteiger charge is 2.58. The number of rotatable bonds is 5. The summed E-state index contributed by atoms with van der Waals surface area (Å²) in [7, 11) is 4.00. The normalized spacial score (nSPS) is 30.9. The molecule has 6 nitrogen and oxygen atoms in total. The van der Waals surface area contributed by atoms with Gasteiger partial charge in [0.2, 0.25) is 0 Å². The van der Waals surface area contributed by atoms with Crippen LogP contribution in [0.3, 0.4) is 0 Å². The van der Waals surface area contributed by atoms with Gasteiger partial charge in [0.25, 0.3) is 0 Å². The van der Waals surface area contributed by atoms with Gasteiger partial charge in [0.05, 0.1) is 5.41 Å². The number of carboxylic acid groups (broad SMARTS) is 1. The maximum atomic E-state index is 12.2. The topological polar surface area (TPSA) is 59.9 Å². The number of fused-ring (bicyclic) bond motifs is 1. The Hall–Kier alpha value is -1.18. The first-order valence-corrected chi connectivity index (χ1v) is 10.1. The summed E-state index contributed by atoms with van der Waals surface area (Å²) in [6.45, 7) is 4.08. The third-order valence-electron chi connectivity index (χ3n) is 6.28. The zero-order valence-corrected chi connectivity index (χ0v) is 16.0. The molecule has 0 bridgehead atoms. The number of carboxylic acids is 1. The van der Waals surface area contributed by atoms with Crippen LogP contribution in [0.2, 0.25) is 0 Å². The molecule has 0 unspecified atom stereocenters. The summed E-state index contributed by atoms with van der Waals surface area (Å²) in [5.74, 6) is -0.342.